The molecule has 4 aliphatic rings. The highest BCUT2D eigenvalue weighted by Gasteiger charge is 2.40. The van der Waals surface area contributed by atoms with Crippen LogP contribution in [-0.4, -0.2) is 39.6 Å². The van der Waals surface area contributed by atoms with Crippen molar-refractivity contribution in [3.63, 3.8) is 0 Å². The van der Waals surface area contributed by atoms with Gasteiger partial charge in [-0.15, -0.1) is 0 Å². The molecule has 8 heteroatoms. The van der Waals surface area contributed by atoms with Crippen molar-refractivity contribution < 1.29 is 19.2 Å². The zero-order chi connectivity index (χ0) is 21.3. The van der Waals surface area contributed by atoms with Crippen LogP contribution in [0.4, 0.5) is 5.69 Å². The Bertz CT molecular complexity index is 1140. The number of piperidine rings is 1. The fourth-order valence-corrected chi connectivity index (χ4v) is 5.66. The zero-order valence-electron chi connectivity index (χ0n) is 16.9. The van der Waals surface area contributed by atoms with Crippen molar-refractivity contribution in [3.05, 3.63) is 52.3 Å². The summed E-state index contributed by atoms with van der Waals surface area (Å²) in [6.07, 6.45) is 4.15. The summed E-state index contributed by atoms with van der Waals surface area (Å²) in [5.74, 6) is -0.00922. The predicted octanol–water partition coefficient (Wildman–Crippen LogP) is 2.39. The van der Waals surface area contributed by atoms with Gasteiger partial charge >= 0.3 is 0 Å². The molecule has 3 N–H and O–H groups in total. The molecule has 2 aliphatic carbocycles. The number of imide groups is 1. The molecular formula is C23H22N4O4. The Hall–Kier alpha value is -3.42. The number of hydrogen-bond acceptors (Lipinski definition) is 4. The molecule has 4 amide bonds. The third-order valence-corrected chi connectivity index (χ3v) is 7.19. The summed E-state index contributed by atoms with van der Waals surface area (Å²) >= 11 is 0. The van der Waals surface area contributed by atoms with Crippen LogP contribution >= 0.6 is 0 Å². The number of fused-ring (bicyclic) bond motifs is 6. The van der Waals surface area contributed by atoms with Crippen LogP contribution in [0, 0.1) is 0 Å². The van der Waals surface area contributed by atoms with Crippen LogP contribution in [0.25, 0.3) is 0 Å². The number of benzene rings is 1. The van der Waals surface area contributed by atoms with Crippen LogP contribution in [0.1, 0.15) is 81.6 Å². The molecule has 0 spiro atoms. The van der Waals surface area contributed by atoms with Gasteiger partial charge in [0.05, 0.1) is 0 Å². The Balaban J connectivity index is 1.19. The standard InChI is InChI=1S/C23H22N4O4/c28-19-6-5-18(22(30)26-19)27-10-13-8-14(3-4-15(13)23(27)31)24-21(29)17-9-16-11-1-2-12(7-11)20(16)25-17/h3-4,8-9,11-12,18,25H,1-2,5-7,10H2,(H,24,29)(H,26,28,30). The van der Waals surface area contributed by atoms with Crippen LogP contribution in [0.15, 0.2) is 24.3 Å². The minimum Gasteiger partial charge on any atom is -0.354 e. The molecule has 1 saturated carbocycles. The third kappa shape index (κ3) is 2.81. The van der Waals surface area contributed by atoms with Crippen molar-refractivity contribution >= 4 is 29.3 Å². The molecule has 31 heavy (non-hydrogen) atoms. The van der Waals surface area contributed by atoms with Crippen LogP contribution in [-0.2, 0) is 16.1 Å². The Morgan fingerprint density at radius 3 is 2.71 bits per heavy atom. The quantitative estimate of drug-likeness (QED) is 0.665. The average molecular weight is 418 g/mol. The maximum absolute atomic E-state index is 12.8. The number of carbonyl (C=O) groups excluding carboxylic acids is 4. The fraction of sp³-hybridized carbons (Fsp3) is 0.391. The molecule has 1 saturated heterocycles. The number of aromatic nitrogens is 1. The number of carbonyl (C=O) groups is 4. The van der Waals surface area contributed by atoms with E-state index in [1.165, 1.54) is 35.4 Å². The monoisotopic (exact) mass is 418 g/mol. The van der Waals surface area contributed by atoms with Gasteiger partial charge in [0.1, 0.15) is 11.7 Å². The number of rotatable bonds is 3. The zero-order valence-corrected chi connectivity index (χ0v) is 16.9. The molecular weight excluding hydrogens is 396 g/mol. The van der Waals surface area contributed by atoms with Crippen molar-refractivity contribution in [2.75, 3.05) is 5.32 Å². The second-order valence-electron chi connectivity index (χ2n) is 8.98. The molecule has 1 aromatic heterocycles. The number of aromatic amines is 1. The minimum atomic E-state index is -0.646. The van der Waals surface area contributed by atoms with Crippen molar-refractivity contribution in [2.45, 2.75) is 56.5 Å². The maximum atomic E-state index is 12.8. The van der Waals surface area contributed by atoms with Crippen molar-refractivity contribution in [1.29, 1.82) is 0 Å². The minimum absolute atomic E-state index is 0.194. The number of nitrogens with zero attached hydrogens (tertiary/aromatic N) is 1. The second-order valence-corrected chi connectivity index (χ2v) is 8.98. The molecule has 3 heterocycles. The van der Waals surface area contributed by atoms with Gasteiger partial charge < -0.3 is 15.2 Å². The van der Waals surface area contributed by atoms with E-state index in [1.54, 1.807) is 18.2 Å². The molecule has 158 valence electrons. The largest absolute Gasteiger partial charge is 0.354 e. The summed E-state index contributed by atoms with van der Waals surface area (Å²) < 4.78 is 0. The van der Waals surface area contributed by atoms with E-state index >= 15 is 0 Å². The molecule has 6 rings (SSSR count). The topological polar surface area (TPSA) is 111 Å². The SMILES string of the molecule is O=C1CCC(N2Cc3cc(NC(=O)c4cc5c([nH]4)C4CCC5C4)ccc3C2=O)C(=O)N1. The number of nitrogens with one attached hydrogen (secondary N) is 3. The van der Waals surface area contributed by atoms with Crippen molar-refractivity contribution in [1.82, 2.24) is 15.2 Å². The third-order valence-electron chi connectivity index (χ3n) is 7.19. The lowest BCUT2D eigenvalue weighted by atomic mass is 9.98. The summed E-state index contributed by atoms with van der Waals surface area (Å²) in [6, 6.07) is 6.53. The van der Waals surface area contributed by atoms with Crippen LogP contribution in [0.3, 0.4) is 0 Å². The summed E-state index contributed by atoms with van der Waals surface area (Å²) in [6.45, 7) is 0.282. The van der Waals surface area contributed by atoms with Gasteiger partial charge in [-0.1, -0.05) is 0 Å². The maximum Gasteiger partial charge on any atom is 0.272 e. The first-order valence-corrected chi connectivity index (χ1v) is 10.8. The molecule has 3 atom stereocenters. The Morgan fingerprint density at radius 1 is 1.06 bits per heavy atom. The number of amides is 4. The predicted molar refractivity (Wildman–Crippen MR) is 111 cm³/mol. The molecule has 0 radical (unpaired) electrons. The first-order chi connectivity index (χ1) is 15.0. The normalized spacial score (nSPS) is 26.1. The summed E-state index contributed by atoms with van der Waals surface area (Å²) in [5.41, 5.74) is 4.99. The molecule has 3 unspecified atom stereocenters. The summed E-state index contributed by atoms with van der Waals surface area (Å²) in [5, 5.41) is 5.23. The van der Waals surface area contributed by atoms with E-state index in [0.717, 1.165) is 5.56 Å². The van der Waals surface area contributed by atoms with E-state index in [9.17, 15) is 19.2 Å². The van der Waals surface area contributed by atoms with E-state index in [0.29, 0.717) is 35.2 Å². The molecule has 2 fully saturated rings. The Labute approximate surface area is 178 Å². The lowest BCUT2D eigenvalue weighted by Gasteiger charge is -2.29. The first kappa shape index (κ1) is 18.4. The highest BCUT2D eigenvalue weighted by Crippen LogP contribution is 2.52. The average Bonchev–Trinajstić information content (AvgIpc) is 3.49. The Morgan fingerprint density at radius 2 is 1.90 bits per heavy atom. The highest BCUT2D eigenvalue weighted by molar-refractivity contribution is 6.06. The second kappa shape index (κ2) is 6.54. The van der Waals surface area contributed by atoms with Crippen molar-refractivity contribution in [3.8, 4) is 0 Å². The fourth-order valence-electron chi connectivity index (χ4n) is 5.66. The van der Waals surface area contributed by atoms with Crippen LogP contribution in [0.2, 0.25) is 0 Å². The van der Waals surface area contributed by atoms with Gasteiger partial charge in [-0.05, 0) is 72.9 Å². The van der Waals surface area contributed by atoms with Gasteiger partial charge in [-0.2, -0.15) is 0 Å². The van der Waals surface area contributed by atoms with Crippen molar-refractivity contribution in [2.24, 2.45) is 0 Å². The van der Waals surface area contributed by atoms with Gasteiger partial charge in [0.25, 0.3) is 11.8 Å². The van der Waals surface area contributed by atoms with Gasteiger partial charge in [-0.25, -0.2) is 0 Å². The molecule has 2 aliphatic heterocycles. The Kier molecular flexibility index (Phi) is 3.87. The lowest BCUT2D eigenvalue weighted by Crippen LogP contribution is -2.52. The van der Waals surface area contributed by atoms with E-state index in [2.05, 4.69) is 15.6 Å². The smallest absolute Gasteiger partial charge is 0.272 e. The summed E-state index contributed by atoms with van der Waals surface area (Å²) in [7, 11) is 0. The van der Waals surface area contributed by atoms with E-state index in [1.807, 2.05) is 6.07 Å². The molecule has 2 aromatic rings. The van der Waals surface area contributed by atoms with Gasteiger partial charge in [-0.3, -0.25) is 24.5 Å². The lowest BCUT2D eigenvalue weighted by molar-refractivity contribution is -0.136. The van der Waals surface area contributed by atoms with Gasteiger partial charge in [0.15, 0.2) is 0 Å². The van der Waals surface area contributed by atoms with E-state index in [-0.39, 0.29) is 30.7 Å². The van der Waals surface area contributed by atoms with E-state index in [4.69, 9.17) is 0 Å². The summed E-state index contributed by atoms with van der Waals surface area (Å²) in [4.78, 5) is 54.0. The molecule has 2 bridgehead atoms. The number of anilines is 1. The number of H-pyrrole nitrogens is 1. The van der Waals surface area contributed by atoms with Gasteiger partial charge in [0.2, 0.25) is 11.8 Å². The number of hydrogen-bond donors (Lipinski definition) is 3. The van der Waals surface area contributed by atoms with Crippen LogP contribution < -0.4 is 10.6 Å². The molecule has 1 aromatic carbocycles. The van der Waals surface area contributed by atoms with Gasteiger partial charge in [0, 0.05) is 29.9 Å². The first-order valence-electron chi connectivity index (χ1n) is 10.8. The van der Waals surface area contributed by atoms with E-state index < -0.39 is 11.9 Å². The highest BCUT2D eigenvalue weighted by atomic mass is 16.2. The van der Waals surface area contributed by atoms with Crippen LogP contribution in [0.5, 0.6) is 0 Å². The molecule has 8 nitrogen and oxygen atoms in total.